The second-order valence-electron chi connectivity index (χ2n) is 5.09. The van der Waals surface area contributed by atoms with Gasteiger partial charge in [0.25, 0.3) is 5.91 Å². The van der Waals surface area contributed by atoms with Gasteiger partial charge in [-0.3, -0.25) is 4.79 Å². The fraction of sp³-hybridized carbons (Fsp3) is 0.0588. The van der Waals surface area contributed by atoms with Gasteiger partial charge in [0.05, 0.1) is 23.1 Å². The van der Waals surface area contributed by atoms with Crippen molar-refractivity contribution in [1.82, 2.24) is 9.78 Å². The van der Waals surface area contributed by atoms with Gasteiger partial charge < -0.3 is 5.32 Å². The van der Waals surface area contributed by atoms with Crippen LogP contribution in [0.25, 0.3) is 5.69 Å². The summed E-state index contributed by atoms with van der Waals surface area (Å²) in [6, 6.07) is 11.6. The molecule has 1 aromatic heterocycles. The van der Waals surface area contributed by atoms with Crippen LogP contribution in [0.3, 0.4) is 0 Å². The van der Waals surface area contributed by atoms with Gasteiger partial charge in [-0.15, -0.1) is 0 Å². The van der Waals surface area contributed by atoms with Crippen LogP contribution in [0.4, 0.5) is 10.1 Å². The van der Waals surface area contributed by atoms with Crippen LogP contribution in [-0.4, -0.2) is 15.7 Å². The molecule has 0 fully saturated rings. The largest absolute Gasteiger partial charge is 0.321 e. The van der Waals surface area contributed by atoms with Crippen LogP contribution in [-0.2, 0) is 0 Å². The lowest BCUT2D eigenvalue weighted by atomic mass is 10.2. The molecule has 0 aliphatic rings. The Labute approximate surface area is 141 Å². The van der Waals surface area contributed by atoms with Crippen LogP contribution < -0.4 is 5.32 Å². The highest BCUT2D eigenvalue weighted by molar-refractivity contribution is 9.10. The highest BCUT2D eigenvalue weighted by Crippen LogP contribution is 2.24. The Morgan fingerprint density at radius 1 is 1.22 bits per heavy atom. The number of benzene rings is 2. The highest BCUT2D eigenvalue weighted by atomic mass is 79.9. The van der Waals surface area contributed by atoms with Gasteiger partial charge >= 0.3 is 0 Å². The molecule has 4 nitrogen and oxygen atoms in total. The zero-order valence-electron chi connectivity index (χ0n) is 12.3. The molecule has 0 saturated carbocycles. The Morgan fingerprint density at radius 3 is 2.65 bits per heavy atom. The summed E-state index contributed by atoms with van der Waals surface area (Å²) in [5.74, 6) is -0.578. The van der Waals surface area contributed by atoms with Crippen molar-refractivity contribution in [3.8, 4) is 5.69 Å². The quantitative estimate of drug-likeness (QED) is 0.742. The molecule has 0 aliphatic carbocycles. The van der Waals surface area contributed by atoms with E-state index in [1.54, 1.807) is 18.3 Å². The number of rotatable bonds is 3. The standard InChI is InChI=1S/C17H13BrFN3O/c1-11-2-7-16(15(18)8-11)21-17(23)12-9-20-22(10-12)14-5-3-13(19)4-6-14/h2-10H,1H3,(H,21,23). The molecule has 0 aliphatic heterocycles. The maximum absolute atomic E-state index is 12.9. The number of carbonyl (C=O) groups is 1. The second kappa shape index (κ2) is 6.34. The molecule has 0 radical (unpaired) electrons. The summed E-state index contributed by atoms with van der Waals surface area (Å²) in [7, 11) is 0. The number of nitrogens with zero attached hydrogens (tertiary/aromatic N) is 2. The fourth-order valence-corrected chi connectivity index (χ4v) is 2.68. The number of nitrogens with one attached hydrogen (secondary N) is 1. The Morgan fingerprint density at radius 2 is 1.96 bits per heavy atom. The molecule has 1 amide bonds. The Kier molecular flexibility index (Phi) is 4.25. The summed E-state index contributed by atoms with van der Waals surface area (Å²) < 4.78 is 15.3. The zero-order chi connectivity index (χ0) is 16.4. The van der Waals surface area contributed by atoms with Crippen molar-refractivity contribution in [3.05, 3.63) is 76.3 Å². The van der Waals surface area contributed by atoms with Crippen molar-refractivity contribution in [2.24, 2.45) is 0 Å². The summed E-state index contributed by atoms with van der Waals surface area (Å²) in [5.41, 5.74) is 2.89. The molecule has 3 rings (SSSR count). The third kappa shape index (κ3) is 3.48. The molecule has 1 N–H and O–H groups in total. The number of aryl methyl sites for hydroxylation is 1. The minimum atomic E-state index is -0.317. The van der Waals surface area contributed by atoms with E-state index in [9.17, 15) is 9.18 Å². The third-order valence-corrected chi connectivity index (χ3v) is 3.96. The van der Waals surface area contributed by atoms with Crippen LogP contribution in [0.2, 0.25) is 0 Å². The lowest BCUT2D eigenvalue weighted by molar-refractivity contribution is 0.102. The number of carbonyl (C=O) groups excluding carboxylic acids is 1. The number of amides is 1. The smallest absolute Gasteiger partial charge is 0.258 e. The van der Waals surface area contributed by atoms with Gasteiger partial charge in [-0.1, -0.05) is 6.07 Å². The van der Waals surface area contributed by atoms with Crippen molar-refractivity contribution in [2.45, 2.75) is 6.92 Å². The van der Waals surface area contributed by atoms with Crippen molar-refractivity contribution >= 4 is 27.5 Å². The minimum absolute atomic E-state index is 0.261. The summed E-state index contributed by atoms with van der Waals surface area (Å²) >= 11 is 3.43. The monoisotopic (exact) mass is 373 g/mol. The SMILES string of the molecule is Cc1ccc(NC(=O)c2cnn(-c3ccc(F)cc3)c2)c(Br)c1. The number of anilines is 1. The molecular weight excluding hydrogens is 361 g/mol. The number of aromatic nitrogens is 2. The van der Waals surface area contributed by atoms with Gasteiger partial charge in [0.1, 0.15) is 5.82 Å². The van der Waals surface area contributed by atoms with E-state index in [4.69, 9.17) is 0 Å². The summed E-state index contributed by atoms with van der Waals surface area (Å²) in [5, 5.41) is 6.97. The first-order valence-electron chi connectivity index (χ1n) is 6.91. The van der Waals surface area contributed by atoms with E-state index in [0.29, 0.717) is 16.9 Å². The Bertz CT molecular complexity index is 859. The van der Waals surface area contributed by atoms with E-state index in [2.05, 4.69) is 26.3 Å². The van der Waals surface area contributed by atoms with Gasteiger partial charge in [0.2, 0.25) is 0 Å². The van der Waals surface area contributed by atoms with E-state index in [-0.39, 0.29) is 11.7 Å². The molecule has 3 aromatic rings. The van der Waals surface area contributed by atoms with Crippen LogP contribution in [0, 0.1) is 12.7 Å². The van der Waals surface area contributed by atoms with E-state index in [1.807, 2.05) is 25.1 Å². The molecule has 0 atom stereocenters. The first-order chi connectivity index (χ1) is 11.0. The summed E-state index contributed by atoms with van der Waals surface area (Å²) in [6.45, 7) is 1.98. The average molecular weight is 374 g/mol. The number of hydrogen-bond acceptors (Lipinski definition) is 2. The van der Waals surface area contributed by atoms with E-state index in [1.165, 1.54) is 23.0 Å². The van der Waals surface area contributed by atoms with E-state index in [0.717, 1.165) is 10.0 Å². The molecular formula is C17H13BrFN3O. The van der Waals surface area contributed by atoms with E-state index >= 15 is 0 Å². The van der Waals surface area contributed by atoms with Crippen LogP contribution in [0.5, 0.6) is 0 Å². The van der Waals surface area contributed by atoms with Gasteiger partial charge in [0, 0.05) is 10.7 Å². The Hall–Kier alpha value is -2.47. The summed E-state index contributed by atoms with van der Waals surface area (Å²) in [6.07, 6.45) is 3.07. The Balaban J connectivity index is 1.79. The van der Waals surface area contributed by atoms with Gasteiger partial charge in [-0.25, -0.2) is 9.07 Å². The topological polar surface area (TPSA) is 46.9 Å². The molecule has 0 saturated heterocycles. The first kappa shape index (κ1) is 15.4. The zero-order valence-corrected chi connectivity index (χ0v) is 13.8. The first-order valence-corrected chi connectivity index (χ1v) is 7.70. The van der Waals surface area contributed by atoms with Crippen molar-refractivity contribution in [2.75, 3.05) is 5.32 Å². The molecule has 0 spiro atoms. The predicted molar refractivity (Wildman–Crippen MR) is 90.4 cm³/mol. The van der Waals surface area contributed by atoms with Crippen LogP contribution in [0.1, 0.15) is 15.9 Å². The minimum Gasteiger partial charge on any atom is -0.321 e. The van der Waals surface area contributed by atoms with Crippen molar-refractivity contribution in [1.29, 1.82) is 0 Å². The maximum Gasteiger partial charge on any atom is 0.258 e. The van der Waals surface area contributed by atoms with Gasteiger partial charge in [0.15, 0.2) is 0 Å². The molecule has 2 aromatic carbocycles. The molecule has 23 heavy (non-hydrogen) atoms. The molecule has 116 valence electrons. The van der Waals surface area contributed by atoms with E-state index < -0.39 is 0 Å². The normalized spacial score (nSPS) is 10.6. The average Bonchev–Trinajstić information content (AvgIpc) is 3.01. The molecule has 0 bridgehead atoms. The third-order valence-electron chi connectivity index (χ3n) is 3.31. The molecule has 6 heteroatoms. The van der Waals surface area contributed by atoms with Crippen molar-refractivity contribution in [3.63, 3.8) is 0 Å². The fourth-order valence-electron chi connectivity index (χ4n) is 2.09. The molecule has 0 unspecified atom stereocenters. The summed E-state index contributed by atoms with van der Waals surface area (Å²) in [4.78, 5) is 12.3. The van der Waals surface area contributed by atoms with Crippen LogP contribution >= 0.6 is 15.9 Å². The van der Waals surface area contributed by atoms with Crippen LogP contribution in [0.15, 0.2) is 59.3 Å². The predicted octanol–water partition coefficient (Wildman–Crippen LogP) is 4.33. The highest BCUT2D eigenvalue weighted by Gasteiger charge is 2.11. The van der Waals surface area contributed by atoms with Crippen molar-refractivity contribution < 1.29 is 9.18 Å². The molecule has 1 heterocycles. The van der Waals surface area contributed by atoms with Gasteiger partial charge in [-0.2, -0.15) is 5.10 Å². The number of hydrogen-bond donors (Lipinski definition) is 1. The van der Waals surface area contributed by atoms with Gasteiger partial charge in [-0.05, 0) is 64.8 Å². The lowest BCUT2D eigenvalue weighted by Crippen LogP contribution is -2.11. The lowest BCUT2D eigenvalue weighted by Gasteiger charge is -2.06. The number of halogens is 2. The maximum atomic E-state index is 12.9. The second-order valence-corrected chi connectivity index (χ2v) is 5.94.